The van der Waals surface area contributed by atoms with E-state index in [4.69, 9.17) is 0 Å². The lowest BCUT2D eigenvalue weighted by Gasteiger charge is -2.35. The van der Waals surface area contributed by atoms with E-state index in [1.165, 1.54) is 23.3 Å². The van der Waals surface area contributed by atoms with Gasteiger partial charge in [0.15, 0.2) is 11.0 Å². The number of hydrogen-bond donors (Lipinski definition) is 0. The number of benzene rings is 3. The minimum absolute atomic E-state index is 0.112. The molecule has 0 atom stereocenters. The predicted molar refractivity (Wildman–Crippen MR) is 113 cm³/mol. The van der Waals surface area contributed by atoms with Gasteiger partial charge in [-0.1, -0.05) is 84.6 Å². The summed E-state index contributed by atoms with van der Waals surface area (Å²) < 4.78 is 15.8. The van der Waals surface area contributed by atoms with Crippen LogP contribution in [-0.2, 0) is 6.67 Å². The number of thioether (sulfide) groups is 1. The van der Waals surface area contributed by atoms with Crippen LogP contribution in [0.25, 0.3) is 11.4 Å². The molecule has 6 heteroatoms. The van der Waals surface area contributed by atoms with E-state index in [-0.39, 0.29) is 11.9 Å². The van der Waals surface area contributed by atoms with Gasteiger partial charge in [-0.3, -0.25) is 9.47 Å². The minimum Gasteiger partial charge on any atom is -0.288 e. The average Bonchev–Trinajstić information content (AvgIpc) is 3.19. The monoisotopic (exact) mass is 402 g/mol. The molecule has 0 N–H and O–H groups in total. The largest absolute Gasteiger partial charge is 0.288 e. The van der Waals surface area contributed by atoms with E-state index in [0.717, 1.165) is 16.6 Å². The predicted octanol–water partition coefficient (Wildman–Crippen LogP) is 5.20. The third kappa shape index (κ3) is 3.57. The van der Waals surface area contributed by atoms with Gasteiger partial charge in [-0.25, -0.2) is 4.39 Å². The second-order valence-electron chi connectivity index (χ2n) is 6.97. The molecular weight excluding hydrogens is 383 g/mol. The maximum atomic E-state index is 13.8. The van der Waals surface area contributed by atoms with Gasteiger partial charge in [-0.15, -0.1) is 10.2 Å². The van der Waals surface area contributed by atoms with Gasteiger partial charge in [0, 0.05) is 5.56 Å². The summed E-state index contributed by atoms with van der Waals surface area (Å²) in [6, 6.07) is 27.7. The van der Waals surface area contributed by atoms with Crippen molar-refractivity contribution >= 4 is 11.8 Å². The minimum atomic E-state index is -0.272. The van der Waals surface area contributed by atoms with Crippen LogP contribution in [0.3, 0.4) is 0 Å². The summed E-state index contributed by atoms with van der Waals surface area (Å²) >= 11 is 1.66. The maximum absolute atomic E-state index is 13.8. The summed E-state index contributed by atoms with van der Waals surface area (Å²) in [5, 5.41) is 9.54. The Bertz CT molecular complexity index is 1070. The van der Waals surface area contributed by atoms with Crippen LogP contribution < -0.4 is 0 Å². The molecule has 0 saturated heterocycles. The Morgan fingerprint density at radius 2 is 1.52 bits per heavy atom. The Balaban J connectivity index is 1.54. The SMILES string of the molecule is Fc1cccc(-c2nnc3n2CN(C(c2ccccc2)c2ccccc2)CS3)c1. The third-order valence-electron chi connectivity index (χ3n) is 5.08. The number of halogens is 1. The van der Waals surface area contributed by atoms with Crippen LogP contribution >= 0.6 is 11.8 Å². The molecule has 0 saturated carbocycles. The van der Waals surface area contributed by atoms with Crippen LogP contribution in [0.15, 0.2) is 90.1 Å². The standard InChI is InChI=1S/C23H19FN4S/c24-20-13-7-12-19(14-20)22-25-26-23-28(22)15-27(16-29-23)21(17-8-3-1-4-9-17)18-10-5-2-6-11-18/h1-14,21H,15-16H2. The second-order valence-corrected chi connectivity index (χ2v) is 7.88. The molecule has 5 rings (SSSR count). The molecule has 1 aliphatic rings. The van der Waals surface area contributed by atoms with Crippen molar-refractivity contribution in [3.05, 3.63) is 102 Å². The molecule has 4 nitrogen and oxygen atoms in total. The zero-order valence-corrected chi connectivity index (χ0v) is 16.5. The molecule has 0 unspecified atom stereocenters. The van der Waals surface area contributed by atoms with Crippen molar-refractivity contribution in [3.63, 3.8) is 0 Å². The normalized spacial score (nSPS) is 14.1. The molecule has 144 valence electrons. The molecule has 4 aromatic rings. The molecule has 0 bridgehead atoms. The fourth-order valence-electron chi connectivity index (χ4n) is 3.77. The Kier molecular flexibility index (Phi) is 4.87. The van der Waals surface area contributed by atoms with Crippen molar-refractivity contribution in [1.29, 1.82) is 0 Å². The van der Waals surface area contributed by atoms with Crippen LogP contribution in [0, 0.1) is 5.82 Å². The van der Waals surface area contributed by atoms with Crippen molar-refractivity contribution in [2.45, 2.75) is 17.9 Å². The lowest BCUT2D eigenvalue weighted by molar-refractivity contribution is 0.195. The van der Waals surface area contributed by atoms with E-state index < -0.39 is 0 Å². The van der Waals surface area contributed by atoms with E-state index in [1.54, 1.807) is 17.8 Å². The molecule has 0 radical (unpaired) electrons. The molecular formula is C23H19FN4S. The van der Waals surface area contributed by atoms with Crippen LogP contribution in [0.5, 0.6) is 0 Å². The number of nitrogens with zero attached hydrogens (tertiary/aromatic N) is 4. The fraction of sp³-hybridized carbons (Fsp3) is 0.130. The Hall–Kier alpha value is -2.96. The average molecular weight is 402 g/mol. The van der Waals surface area contributed by atoms with Gasteiger partial charge in [0.25, 0.3) is 0 Å². The smallest absolute Gasteiger partial charge is 0.193 e. The molecule has 2 heterocycles. The highest BCUT2D eigenvalue weighted by atomic mass is 32.2. The van der Waals surface area contributed by atoms with Crippen molar-refractivity contribution in [1.82, 2.24) is 19.7 Å². The van der Waals surface area contributed by atoms with Crippen molar-refractivity contribution in [2.24, 2.45) is 0 Å². The van der Waals surface area contributed by atoms with Crippen LogP contribution in [0.4, 0.5) is 4.39 Å². The molecule has 0 aliphatic carbocycles. The van der Waals surface area contributed by atoms with Gasteiger partial charge in [0.2, 0.25) is 0 Å². The van der Waals surface area contributed by atoms with Gasteiger partial charge in [0.1, 0.15) is 5.82 Å². The molecule has 1 aromatic heterocycles. The summed E-state index contributed by atoms with van der Waals surface area (Å²) in [4.78, 5) is 2.40. The van der Waals surface area contributed by atoms with Crippen molar-refractivity contribution in [2.75, 3.05) is 5.88 Å². The summed E-state index contributed by atoms with van der Waals surface area (Å²) in [5.41, 5.74) is 3.22. The summed E-state index contributed by atoms with van der Waals surface area (Å²) in [7, 11) is 0. The van der Waals surface area contributed by atoms with Gasteiger partial charge < -0.3 is 0 Å². The van der Waals surface area contributed by atoms with Crippen molar-refractivity contribution in [3.8, 4) is 11.4 Å². The van der Waals surface area contributed by atoms with Crippen LogP contribution in [-0.4, -0.2) is 25.5 Å². The highest BCUT2D eigenvalue weighted by Gasteiger charge is 2.29. The first-order valence-corrected chi connectivity index (χ1v) is 10.4. The Morgan fingerprint density at radius 1 is 0.828 bits per heavy atom. The quantitative estimate of drug-likeness (QED) is 0.470. The molecule has 0 spiro atoms. The summed E-state index contributed by atoms with van der Waals surface area (Å²) in [5.74, 6) is 1.22. The molecule has 0 amide bonds. The molecule has 0 fully saturated rings. The topological polar surface area (TPSA) is 34.0 Å². The summed E-state index contributed by atoms with van der Waals surface area (Å²) in [6.45, 7) is 0.635. The number of aromatic nitrogens is 3. The summed E-state index contributed by atoms with van der Waals surface area (Å²) in [6.07, 6.45) is 0. The fourth-order valence-corrected chi connectivity index (χ4v) is 4.68. The third-order valence-corrected chi connectivity index (χ3v) is 6.10. The first kappa shape index (κ1) is 18.1. The van der Waals surface area contributed by atoms with Crippen LogP contribution in [0.1, 0.15) is 17.2 Å². The first-order chi connectivity index (χ1) is 14.3. The molecule has 29 heavy (non-hydrogen) atoms. The highest BCUT2D eigenvalue weighted by molar-refractivity contribution is 7.99. The highest BCUT2D eigenvalue weighted by Crippen LogP contribution is 2.36. The lowest BCUT2D eigenvalue weighted by Crippen LogP contribution is -2.34. The zero-order valence-electron chi connectivity index (χ0n) is 15.6. The van der Waals surface area contributed by atoms with E-state index in [0.29, 0.717) is 12.5 Å². The lowest BCUT2D eigenvalue weighted by atomic mass is 9.98. The van der Waals surface area contributed by atoms with E-state index in [1.807, 2.05) is 18.2 Å². The molecule has 1 aliphatic heterocycles. The van der Waals surface area contributed by atoms with Gasteiger partial charge >= 0.3 is 0 Å². The number of rotatable bonds is 4. The first-order valence-electron chi connectivity index (χ1n) is 9.45. The van der Waals surface area contributed by atoms with Crippen LogP contribution in [0.2, 0.25) is 0 Å². The molecule has 3 aromatic carbocycles. The Morgan fingerprint density at radius 3 is 2.17 bits per heavy atom. The van der Waals surface area contributed by atoms with E-state index >= 15 is 0 Å². The van der Waals surface area contributed by atoms with E-state index in [2.05, 4.69) is 68.2 Å². The second kappa shape index (κ2) is 7.81. The number of hydrogen-bond acceptors (Lipinski definition) is 4. The Labute approximate surface area is 173 Å². The number of fused-ring (bicyclic) bond motifs is 1. The van der Waals surface area contributed by atoms with Gasteiger partial charge in [-0.05, 0) is 23.3 Å². The maximum Gasteiger partial charge on any atom is 0.193 e. The van der Waals surface area contributed by atoms with Gasteiger partial charge in [-0.2, -0.15) is 0 Å². The zero-order chi connectivity index (χ0) is 19.6. The van der Waals surface area contributed by atoms with E-state index in [9.17, 15) is 4.39 Å². The van der Waals surface area contributed by atoms with Gasteiger partial charge in [0.05, 0.1) is 18.6 Å². The van der Waals surface area contributed by atoms with Crippen molar-refractivity contribution < 1.29 is 4.39 Å².